The van der Waals surface area contributed by atoms with Gasteiger partial charge in [-0.25, -0.2) is 14.4 Å². The summed E-state index contributed by atoms with van der Waals surface area (Å²) in [5.74, 6) is 0.944. The molecule has 0 spiro atoms. The van der Waals surface area contributed by atoms with E-state index < -0.39 is 43.7 Å². The van der Waals surface area contributed by atoms with E-state index in [0.29, 0.717) is 34.6 Å². The first-order valence-electron chi connectivity index (χ1n) is 17.0. The molecule has 5 N–H and O–H groups in total. The van der Waals surface area contributed by atoms with Crippen molar-refractivity contribution in [1.82, 2.24) is 19.8 Å². The molecule has 5 rings (SSSR count). The molecule has 1 fully saturated rings. The van der Waals surface area contributed by atoms with Crippen LogP contribution in [0.5, 0.6) is 11.5 Å². The lowest BCUT2D eigenvalue weighted by Gasteiger charge is -2.48. The molecule has 0 radical (unpaired) electrons. The number of thioether (sulfide) groups is 1. The number of hydrogen-bond acceptors (Lipinski definition) is 11. The topological polar surface area (TPSA) is 185 Å². The van der Waals surface area contributed by atoms with Crippen molar-refractivity contribution in [3.8, 4) is 11.5 Å². The number of fused-ring (bicyclic) bond motifs is 1. The number of hydrogen-bond donors (Lipinski definition) is 5. The fourth-order valence-corrected chi connectivity index (χ4v) is 9.59. The number of amides is 4. The summed E-state index contributed by atoms with van der Waals surface area (Å²) in [4.78, 5) is 58.2. The van der Waals surface area contributed by atoms with Crippen LogP contribution in [0.2, 0.25) is 0 Å². The molecule has 0 bridgehead atoms. The molecule has 1 saturated heterocycles. The number of methoxy groups -OCH3 is 1. The summed E-state index contributed by atoms with van der Waals surface area (Å²) >= 11 is 1.52. The Morgan fingerprint density at radius 3 is 2.49 bits per heavy atom. The van der Waals surface area contributed by atoms with Gasteiger partial charge in [-0.15, -0.1) is 11.8 Å². The predicted octanol–water partition coefficient (Wildman–Crippen LogP) is 3.85. The molecule has 2 aliphatic heterocycles. The lowest BCUT2D eigenvalue weighted by atomic mass is 10.0. The van der Waals surface area contributed by atoms with Crippen LogP contribution in [0.3, 0.4) is 0 Å². The number of aromatic hydroxyl groups is 1. The molecule has 0 unspecified atom stereocenters. The maximum atomic E-state index is 13.9. The number of carbonyl (C=O) groups is 4. The summed E-state index contributed by atoms with van der Waals surface area (Å²) in [5.41, 5.74) is 4.15. The first-order chi connectivity index (χ1) is 25.3. The fraction of sp³-hybridized carbons (Fsp3) is 0.389. The van der Waals surface area contributed by atoms with Crippen molar-refractivity contribution in [3.63, 3.8) is 0 Å². The van der Waals surface area contributed by atoms with E-state index in [1.54, 1.807) is 83.5 Å². The fourth-order valence-electron chi connectivity index (χ4n) is 5.75. The van der Waals surface area contributed by atoms with Crippen LogP contribution < -0.4 is 26.0 Å². The Labute approximate surface area is 313 Å². The second kappa shape index (κ2) is 17.0. The van der Waals surface area contributed by atoms with Crippen LogP contribution in [0.15, 0.2) is 70.5 Å². The van der Waals surface area contributed by atoms with Gasteiger partial charge in [-0.05, 0) is 67.9 Å². The number of nitrogens with one attached hydrogen (secondary N) is 4. The third-order valence-corrected chi connectivity index (χ3v) is 12.2. The number of phenolic OH excluding ortho intramolecular Hbond substituents is 1. The number of phenols is 1. The number of esters is 1. The monoisotopic (exact) mass is 763 g/mol. The highest BCUT2D eigenvalue weighted by molar-refractivity contribution is 8.00. The molecular weight excluding hydrogens is 719 g/mol. The number of benzene rings is 2. The van der Waals surface area contributed by atoms with Crippen LogP contribution in [0.4, 0.5) is 21.1 Å². The van der Waals surface area contributed by atoms with Crippen molar-refractivity contribution in [1.29, 1.82) is 0 Å². The Morgan fingerprint density at radius 1 is 1.09 bits per heavy atom. The van der Waals surface area contributed by atoms with E-state index >= 15 is 0 Å². The second-order valence-electron chi connectivity index (χ2n) is 13.3. The third-order valence-electron chi connectivity index (χ3n) is 8.34. The van der Waals surface area contributed by atoms with Gasteiger partial charge >= 0.3 is 18.1 Å². The van der Waals surface area contributed by atoms with Crippen molar-refractivity contribution in [3.05, 3.63) is 76.6 Å². The van der Waals surface area contributed by atoms with Gasteiger partial charge in [0.1, 0.15) is 49.2 Å². The Balaban J connectivity index is 1.33. The van der Waals surface area contributed by atoms with Crippen molar-refractivity contribution >= 4 is 62.0 Å². The number of rotatable bonds is 13. The summed E-state index contributed by atoms with van der Waals surface area (Å²) in [6.45, 7) is 5.66. The number of ether oxygens (including phenoxy) is 3. The van der Waals surface area contributed by atoms with Crippen LogP contribution in [0.1, 0.15) is 31.9 Å². The van der Waals surface area contributed by atoms with E-state index in [2.05, 4.69) is 26.3 Å². The number of aromatic nitrogens is 1. The second-order valence-corrected chi connectivity index (χ2v) is 16.7. The van der Waals surface area contributed by atoms with Gasteiger partial charge in [0.25, 0.3) is 5.91 Å². The van der Waals surface area contributed by atoms with Gasteiger partial charge in [0.15, 0.2) is 6.04 Å². The number of carbonyl (C=O) groups excluding carboxylic acids is 4. The Kier molecular flexibility index (Phi) is 12.5. The van der Waals surface area contributed by atoms with Crippen molar-refractivity contribution in [2.24, 2.45) is 12.0 Å². The quantitative estimate of drug-likeness (QED) is 0.0564. The van der Waals surface area contributed by atoms with E-state index in [4.69, 9.17) is 14.2 Å². The highest BCUT2D eigenvalue weighted by atomic mass is 32.2. The largest absolute Gasteiger partial charge is 0.507 e. The molecule has 53 heavy (non-hydrogen) atoms. The molecular formula is C36H45N7O8SSi. The molecule has 1 aromatic heterocycles. The third kappa shape index (κ3) is 9.58. The predicted molar refractivity (Wildman–Crippen MR) is 205 cm³/mol. The van der Waals surface area contributed by atoms with Gasteiger partial charge in [-0.3, -0.25) is 14.7 Å². The van der Waals surface area contributed by atoms with Crippen molar-refractivity contribution in [2.75, 3.05) is 43.6 Å². The van der Waals surface area contributed by atoms with Crippen LogP contribution in [0, 0.1) is 0 Å². The van der Waals surface area contributed by atoms with Gasteiger partial charge in [-0.1, -0.05) is 24.3 Å². The number of urea groups is 1. The summed E-state index contributed by atoms with van der Waals surface area (Å²) in [5, 5.41) is 21.1. The number of nitrogens with zero attached hydrogens (tertiary/aromatic N) is 3. The van der Waals surface area contributed by atoms with E-state index in [0.717, 1.165) is 11.1 Å². The molecule has 15 nitrogen and oxygen atoms in total. The zero-order chi connectivity index (χ0) is 38.3. The Bertz CT molecular complexity index is 1910. The van der Waals surface area contributed by atoms with Crippen molar-refractivity contribution < 1.29 is 38.5 Å². The maximum Gasteiger partial charge on any atom is 0.407 e. The molecule has 0 aliphatic carbocycles. The molecule has 4 amide bonds. The molecule has 2 aliphatic rings. The average molecular weight is 764 g/mol. The first-order valence-corrected chi connectivity index (χ1v) is 19.7. The first kappa shape index (κ1) is 38.9. The highest BCUT2D eigenvalue weighted by Crippen LogP contribution is 2.43. The minimum atomic E-state index is -1.56. The lowest BCUT2D eigenvalue weighted by Crippen LogP contribution is -2.64. The van der Waals surface area contributed by atoms with Gasteiger partial charge < -0.3 is 44.8 Å². The molecule has 282 valence electrons. The van der Waals surface area contributed by atoms with E-state index in [1.807, 2.05) is 16.9 Å². The Morgan fingerprint density at radius 2 is 1.81 bits per heavy atom. The number of anilines is 2. The smallest absolute Gasteiger partial charge is 0.407 e. The van der Waals surface area contributed by atoms with E-state index in [1.165, 1.54) is 22.9 Å². The average Bonchev–Trinajstić information content (AvgIpc) is 3.41. The van der Waals surface area contributed by atoms with E-state index in [9.17, 15) is 24.3 Å². The minimum Gasteiger partial charge on any atom is -0.507 e. The van der Waals surface area contributed by atoms with Crippen LogP contribution in [-0.4, -0.2) is 103 Å². The molecule has 2 aromatic carbocycles. The van der Waals surface area contributed by atoms with Gasteiger partial charge in [0, 0.05) is 44.7 Å². The molecule has 0 saturated carbocycles. The Hall–Kier alpha value is -5.29. The number of para-hydroxylation sites is 1. The minimum absolute atomic E-state index is 0.0000818. The summed E-state index contributed by atoms with van der Waals surface area (Å²) in [6, 6.07) is 13.2. The molecule has 3 aromatic rings. The SMILES string of the molecule is CNc1c(NC(=O)NCCNC(=O)OC(C)(C)C)c[si](CC2=C(C(=O)OCc3ccc(OC)cc3)N3C(=O)[C@@H](/N=C\c4ccccc4O)[C@H]3SC2)n1C. The lowest BCUT2D eigenvalue weighted by molar-refractivity contribution is -0.151. The standard InChI is InChI=1S/C36H45N7O8SSi/c1-36(2,3)51-35(48)39-16-15-38-34(47)41-26-21-53(42(5)30(26)37-4)20-24-19-52-32-28(40-17-23-9-7-8-10-27(23)44)31(45)43(32)29(24)33(46)50-18-22-11-13-25(49-6)14-12-22/h7-14,17,21,28,32,37,44H,15-16,18-20H2,1-6H3,(H,39,48)(H2,38,41,47)/b40-17-/t28-,32-/m1/s1. The summed E-state index contributed by atoms with van der Waals surface area (Å²) in [6.07, 6.45) is 0.913. The van der Waals surface area contributed by atoms with Crippen LogP contribution in [0.25, 0.3) is 0 Å². The summed E-state index contributed by atoms with van der Waals surface area (Å²) < 4.78 is 18.3. The van der Waals surface area contributed by atoms with Crippen LogP contribution in [-0.2, 0) is 38.8 Å². The highest BCUT2D eigenvalue weighted by Gasteiger charge is 2.54. The number of aliphatic imine (C=N–C) groups is 1. The van der Waals surface area contributed by atoms with Gasteiger partial charge in [0.2, 0.25) is 0 Å². The number of β-lactam (4-membered cyclic amide) rings is 1. The van der Waals surface area contributed by atoms with Gasteiger partial charge in [0.05, 0.1) is 12.8 Å². The molecule has 2 atom stereocenters. The number of alkyl carbamates (subject to hydrolysis) is 1. The zero-order valence-electron chi connectivity index (χ0n) is 30.5. The normalized spacial score (nSPS) is 16.8. The zero-order valence-corrected chi connectivity index (χ0v) is 32.3. The van der Waals surface area contributed by atoms with E-state index in [-0.39, 0.29) is 37.1 Å². The summed E-state index contributed by atoms with van der Waals surface area (Å²) in [7, 11) is 3.67. The molecule has 3 heterocycles. The maximum absolute atomic E-state index is 13.9. The van der Waals surface area contributed by atoms with Crippen molar-refractivity contribution in [2.45, 2.75) is 50.4 Å². The van der Waals surface area contributed by atoms with Crippen LogP contribution >= 0.6 is 11.8 Å². The van der Waals surface area contributed by atoms with Gasteiger partial charge in [-0.2, -0.15) is 0 Å². The molecule has 17 heteroatoms.